The number of fused-ring (bicyclic) bond motifs is 1. The molecule has 3 rings (SSSR count). The number of carbonyl (C=O) groups is 2. The van der Waals surface area contributed by atoms with Crippen LogP contribution in [0.3, 0.4) is 0 Å². The Bertz CT molecular complexity index is 845. The standard InChI is InChI=1S/C16H9Cl4NO2/c1-6-3-4-8(5-7(6)2)21-15(22)9-10(16(21)23)12(18)14(20)13(19)11(9)17/h3-5H,1-2H3. The number of halogens is 4. The third-order valence-electron chi connectivity index (χ3n) is 3.85. The molecule has 0 N–H and O–H groups in total. The van der Waals surface area contributed by atoms with Crippen LogP contribution in [0.15, 0.2) is 18.2 Å². The van der Waals surface area contributed by atoms with Crippen LogP contribution >= 0.6 is 46.4 Å². The number of imide groups is 1. The van der Waals surface area contributed by atoms with E-state index < -0.39 is 11.8 Å². The number of hydrogen-bond acceptors (Lipinski definition) is 2. The predicted molar refractivity (Wildman–Crippen MR) is 93.5 cm³/mol. The molecule has 0 saturated heterocycles. The highest BCUT2D eigenvalue weighted by molar-refractivity contribution is 6.56. The van der Waals surface area contributed by atoms with E-state index in [1.807, 2.05) is 19.9 Å². The van der Waals surface area contributed by atoms with E-state index in [2.05, 4.69) is 0 Å². The van der Waals surface area contributed by atoms with Crippen molar-refractivity contribution >= 4 is 63.9 Å². The SMILES string of the molecule is Cc1ccc(N2C(=O)c3c(Cl)c(Cl)c(Cl)c(Cl)c3C2=O)cc1C. The second-order valence-corrected chi connectivity index (χ2v) is 6.73. The van der Waals surface area contributed by atoms with Crippen molar-refractivity contribution in [3.8, 4) is 0 Å². The fourth-order valence-electron chi connectivity index (χ4n) is 2.45. The predicted octanol–water partition coefficient (Wildman–Crippen LogP) is 5.72. The van der Waals surface area contributed by atoms with E-state index in [4.69, 9.17) is 46.4 Å². The van der Waals surface area contributed by atoms with Crippen LogP contribution in [-0.4, -0.2) is 11.8 Å². The summed E-state index contributed by atoms with van der Waals surface area (Å²) in [4.78, 5) is 26.4. The Labute approximate surface area is 152 Å². The fourth-order valence-corrected chi connectivity index (χ4v) is 3.46. The first-order valence-electron chi connectivity index (χ1n) is 6.57. The van der Waals surface area contributed by atoms with Crippen LogP contribution in [0.2, 0.25) is 20.1 Å². The van der Waals surface area contributed by atoms with Crippen molar-refractivity contribution in [2.75, 3.05) is 4.90 Å². The monoisotopic (exact) mass is 387 g/mol. The Kier molecular flexibility index (Phi) is 4.09. The van der Waals surface area contributed by atoms with Crippen molar-refractivity contribution in [3.63, 3.8) is 0 Å². The number of anilines is 1. The molecule has 0 aromatic heterocycles. The van der Waals surface area contributed by atoms with Gasteiger partial charge in [0.25, 0.3) is 11.8 Å². The average Bonchev–Trinajstić information content (AvgIpc) is 2.77. The van der Waals surface area contributed by atoms with Gasteiger partial charge in [-0.05, 0) is 37.1 Å². The van der Waals surface area contributed by atoms with Crippen molar-refractivity contribution in [2.45, 2.75) is 13.8 Å². The molecule has 0 radical (unpaired) electrons. The summed E-state index contributed by atoms with van der Waals surface area (Å²) < 4.78 is 0. The minimum Gasteiger partial charge on any atom is -0.268 e. The number of hydrogen-bond donors (Lipinski definition) is 0. The first kappa shape index (κ1) is 16.6. The van der Waals surface area contributed by atoms with Gasteiger partial charge < -0.3 is 0 Å². The molecule has 2 aromatic carbocycles. The third kappa shape index (κ3) is 2.34. The quantitative estimate of drug-likeness (QED) is 0.356. The summed E-state index contributed by atoms with van der Waals surface area (Å²) >= 11 is 24.2. The fraction of sp³-hybridized carbons (Fsp3) is 0.125. The first-order valence-corrected chi connectivity index (χ1v) is 8.08. The van der Waals surface area contributed by atoms with E-state index in [-0.39, 0.29) is 31.2 Å². The van der Waals surface area contributed by atoms with Crippen molar-refractivity contribution in [1.82, 2.24) is 0 Å². The second kappa shape index (κ2) is 5.67. The van der Waals surface area contributed by atoms with Gasteiger partial charge >= 0.3 is 0 Å². The maximum absolute atomic E-state index is 12.7. The van der Waals surface area contributed by atoms with Gasteiger partial charge in [0, 0.05) is 0 Å². The van der Waals surface area contributed by atoms with Crippen molar-refractivity contribution in [2.24, 2.45) is 0 Å². The molecular weight excluding hydrogens is 380 g/mol. The molecule has 0 saturated carbocycles. The van der Waals surface area contributed by atoms with Crippen LogP contribution in [-0.2, 0) is 0 Å². The molecule has 0 fully saturated rings. The lowest BCUT2D eigenvalue weighted by Gasteiger charge is -2.15. The topological polar surface area (TPSA) is 37.4 Å². The largest absolute Gasteiger partial charge is 0.268 e. The molecular formula is C16H9Cl4NO2. The Morgan fingerprint density at radius 2 is 1.22 bits per heavy atom. The molecule has 2 aromatic rings. The molecule has 1 aliphatic rings. The van der Waals surface area contributed by atoms with E-state index in [0.29, 0.717) is 5.69 Å². The van der Waals surface area contributed by atoms with Gasteiger partial charge in [0.05, 0.1) is 36.9 Å². The lowest BCUT2D eigenvalue weighted by Crippen LogP contribution is -2.29. The van der Waals surface area contributed by atoms with Crippen LogP contribution in [0, 0.1) is 13.8 Å². The van der Waals surface area contributed by atoms with Crippen LogP contribution in [0.25, 0.3) is 0 Å². The second-order valence-electron chi connectivity index (χ2n) is 5.22. The number of aryl methyl sites for hydroxylation is 2. The number of benzene rings is 2. The highest BCUT2D eigenvalue weighted by atomic mass is 35.5. The molecule has 0 bridgehead atoms. The van der Waals surface area contributed by atoms with Gasteiger partial charge in [0.15, 0.2) is 0 Å². The average molecular weight is 389 g/mol. The minimum absolute atomic E-state index is 0.0192. The van der Waals surface area contributed by atoms with Crippen LogP contribution in [0.4, 0.5) is 5.69 Å². The number of nitrogens with zero attached hydrogens (tertiary/aromatic N) is 1. The Morgan fingerprint density at radius 1 is 0.739 bits per heavy atom. The highest BCUT2D eigenvalue weighted by Crippen LogP contribution is 2.45. The van der Waals surface area contributed by atoms with Crippen molar-refractivity contribution in [1.29, 1.82) is 0 Å². The van der Waals surface area contributed by atoms with Gasteiger partial charge in [-0.3, -0.25) is 9.59 Å². The Balaban J connectivity index is 2.24. The maximum atomic E-state index is 12.7. The molecule has 1 heterocycles. The van der Waals surface area contributed by atoms with Crippen LogP contribution in [0.1, 0.15) is 31.8 Å². The summed E-state index contributed by atoms with van der Waals surface area (Å²) in [7, 11) is 0. The van der Waals surface area contributed by atoms with E-state index >= 15 is 0 Å². The van der Waals surface area contributed by atoms with Gasteiger partial charge in [0.2, 0.25) is 0 Å². The number of carbonyl (C=O) groups excluding carboxylic acids is 2. The smallest absolute Gasteiger partial charge is 0.267 e. The molecule has 23 heavy (non-hydrogen) atoms. The summed E-state index contributed by atoms with van der Waals surface area (Å²) in [6, 6.07) is 5.27. The minimum atomic E-state index is -0.571. The van der Waals surface area contributed by atoms with Gasteiger partial charge in [-0.2, -0.15) is 0 Å². The zero-order valence-electron chi connectivity index (χ0n) is 12.0. The number of rotatable bonds is 1. The van der Waals surface area contributed by atoms with E-state index in [0.717, 1.165) is 16.0 Å². The molecule has 3 nitrogen and oxygen atoms in total. The molecule has 0 unspecified atom stereocenters. The zero-order chi connectivity index (χ0) is 17.0. The van der Waals surface area contributed by atoms with Crippen molar-refractivity contribution in [3.05, 3.63) is 60.5 Å². The Hall–Kier alpha value is -1.26. The van der Waals surface area contributed by atoms with Crippen LogP contribution in [0.5, 0.6) is 0 Å². The molecule has 118 valence electrons. The van der Waals surface area contributed by atoms with E-state index in [1.165, 1.54) is 0 Å². The normalized spacial score (nSPS) is 13.7. The Morgan fingerprint density at radius 3 is 1.65 bits per heavy atom. The van der Waals surface area contributed by atoms with Crippen molar-refractivity contribution < 1.29 is 9.59 Å². The number of amides is 2. The third-order valence-corrected chi connectivity index (χ3v) is 5.65. The van der Waals surface area contributed by atoms with E-state index in [1.54, 1.807) is 12.1 Å². The van der Waals surface area contributed by atoms with Gasteiger partial charge in [0.1, 0.15) is 0 Å². The maximum Gasteiger partial charge on any atom is 0.267 e. The van der Waals surface area contributed by atoms with Gasteiger partial charge in [-0.25, -0.2) is 4.90 Å². The van der Waals surface area contributed by atoms with Gasteiger partial charge in [-0.1, -0.05) is 52.5 Å². The summed E-state index contributed by atoms with van der Waals surface area (Å²) in [6.07, 6.45) is 0. The molecule has 1 aliphatic heterocycles. The molecule has 0 atom stereocenters. The first-order chi connectivity index (χ1) is 10.8. The molecule has 7 heteroatoms. The zero-order valence-corrected chi connectivity index (χ0v) is 15.0. The van der Waals surface area contributed by atoms with Gasteiger partial charge in [-0.15, -0.1) is 0 Å². The lowest BCUT2D eigenvalue weighted by molar-refractivity contribution is 0.0926. The summed E-state index contributed by atoms with van der Waals surface area (Å²) in [5, 5.41) is -0.221. The molecule has 2 amide bonds. The van der Waals surface area contributed by atoms with E-state index in [9.17, 15) is 9.59 Å². The lowest BCUT2D eigenvalue weighted by atomic mass is 10.1. The molecule has 0 spiro atoms. The summed E-state index contributed by atoms with van der Waals surface area (Å²) in [5.74, 6) is -1.14. The molecule has 0 aliphatic carbocycles. The van der Waals surface area contributed by atoms with Crippen LogP contribution < -0.4 is 4.90 Å². The summed E-state index contributed by atoms with van der Waals surface area (Å²) in [6.45, 7) is 3.83. The highest BCUT2D eigenvalue weighted by Gasteiger charge is 2.42. The summed E-state index contributed by atoms with van der Waals surface area (Å²) in [5.41, 5.74) is 2.40.